The molecule has 1 aliphatic rings. The van der Waals surface area contributed by atoms with Crippen LogP contribution in [0.4, 0.5) is 42.8 Å². The average molecular weight is 674 g/mol. The van der Waals surface area contributed by atoms with Crippen molar-refractivity contribution in [1.29, 1.82) is 0 Å². The number of benzene rings is 1. The van der Waals surface area contributed by atoms with Gasteiger partial charge in [0.05, 0.1) is 54.2 Å². The van der Waals surface area contributed by atoms with Crippen LogP contribution in [-0.4, -0.2) is 62.1 Å². The first-order valence-electron chi connectivity index (χ1n) is 14.5. The molecule has 3 aromatic rings. The zero-order valence-corrected chi connectivity index (χ0v) is 26.1. The number of carboxylic acids is 1. The van der Waals surface area contributed by atoms with Gasteiger partial charge in [-0.2, -0.15) is 31.1 Å². The van der Waals surface area contributed by atoms with E-state index in [1.54, 1.807) is 19.9 Å². The lowest BCUT2D eigenvalue weighted by molar-refractivity contribution is -0.148. The molecule has 0 spiro atoms. The normalized spacial score (nSPS) is 16.9. The Morgan fingerprint density at radius 2 is 1.68 bits per heavy atom. The molecule has 1 aromatic carbocycles. The molecule has 0 bridgehead atoms. The van der Waals surface area contributed by atoms with E-state index < -0.39 is 59.6 Å². The molecule has 256 valence electrons. The maximum Gasteiger partial charge on any atom is 0.416 e. The maximum absolute atomic E-state index is 13.8. The number of pyridine rings is 1. The molecule has 3 heterocycles. The van der Waals surface area contributed by atoms with Gasteiger partial charge < -0.3 is 19.5 Å². The van der Waals surface area contributed by atoms with Gasteiger partial charge in [0.2, 0.25) is 5.88 Å². The monoisotopic (exact) mass is 673 g/mol. The lowest BCUT2D eigenvalue weighted by atomic mass is 9.92. The molecule has 1 aliphatic heterocycles. The number of rotatable bonds is 10. The SMILES string of the molecule is CCOC(=O)N1c2ccc(OC)nc2[C@@H](N(Cc2cc(C(F)(F)F)cc(C(F)(F)F)c2)c2nnn(CC(C)(C)C(=O)O)n2)C[C@H]1CC. The number of carboxylic acid groups (broad SMARTS) is 1. The van der Waals surface area contributed by atoms with E-state index in [0.717, 1.165) is 4.80 Å². The van der Waals surface area contributed by atoms with Crippen LogP contribution in [0.1, 0.15) is 69.0 Å². The van der Waals surface area contributed by atoms with Gasteiger partial charge in [0.15, 0.2) is 0 Å². The summed E-state index contributed by atoms with van der Waals surface area (Å²) in [7, 11) is 1.35. The van der Waals surface area contributed by atoms with Gasteiger partial charge in [-0.1, -0.05) is 12.0 Å². The van der Waals surface area contributed by atoms with Gasteiger partial charge in [0.1, 0.15) is 0 Å². The first kappa shape index (κ1) is 35.2. The number of anilines is 2. The Bertz CT molecular complexity index is 1580. The number of alkyl halides is 6. The quantitative estimate of drug-likeness (QED) is 0.251. The van der Waals surface area contributed by atoms with Crippen molar-refractivity contribution in [2.75, 3.05) is 23.5 Å². The van der Waals surface area contributed by atoms with Crippen molar-refractivity contribution in [3.8, 4) is 5.88 Å². The molecule has 1 amide bonds. The molecule has 2 atom stereocenters. The summed E-state index contributed by atoms with van der Waals surface area (Å²) in [6.07, 6.45) is -10.4. The average Bonchev–Trinajstić information content (AvgIpc) is 3.45. The summed E-state index contributed by atoms with van der Waals surface area (Å²) in [4.78, 5) is 33.1. The summed E-state index contributed by atoms with van der Waals surface area (Å²) >= 11 is 0. The van der Waals surface area contributed by atoms with E-state index in [1.165, 1.54) is 36.8 Å². The van der Waals surface area contributed by atoms with Gasteiger partial charge in [-0.15, -0.1) is 5.10 Å². The molecule has 4 rings (SSSR count). The zero-order chi connectivity index (χ0) is 34.9. The van der Waals surface area contributed by atoms with E-state index in [-0.39, 0.29) is 54.4 Å². The van der Waals surface area contributed by atoms with Gasteiger partial charge in [-0.05, 0) is 68.7 Å². The minimum Gasteiger partial charge on any atom is -0.481 e. The topological polar surface area (TPSA) is 136 Å². The van der Waals surface area contributed by atoms with E-state index in [2.05, 4.69) is 20.4 Å². The second-order valence-corrected chi connectivity index (χ2v) is 11.5. The Labute approximate surface area is 265 Å². The second-order valence-electron chi connectivity index (χ2n) is 11.5. The molecule has 1 N–H and O–H groups in total. The van der Waals surface area contributed by atoms with Crippen LogP contribution in [0.15, 0.2) is 30.3 Å². The highest BCUT2D eigenvalue weighted by molar-refractivity contribution is 5.90. The zero-order valence-electron chi connectivity index (χ0n) is 26.1. The Kier molecular flexibility index (Phi) is 9.91. The van der Waals surface area contributed by atoms with Crippen LogP contribution in [0.25, 0.3) is 0 Å². The Hall–Kier alpha value is -4.64. The number of tetrazole rings is 1. The third kappa shape index (κ3) is 7.68. The molecular weight excluding hydrogens is 640 g/mol. The minimum absolute atomic E-state index is 0.0308. The third-order valence-electron chi connectivity index (χ3n) is 7.65. The van der Waals surface area contributed by atoms with Gasteiger partial charge in [0, 0.05) is 18.7 Å². The number of hydrogen-bond acceptors (Lipinski definition) is 9. The lowest BCUT2D eigenvalue weighted by Gasteiger charge is -2.42. The van der Waals surface area contributed by atoms with E-state index in [4.69, 9.17) is 9.47 Å². The number of ether oxygens (including phenoxy) is 2. The summed E-state index contributed by atoms with van der Waals surface area (Å²) in [6.45, 7) is 5.49. The number of carbonyl (C=O) groups excluding carboxylic acids is 1. The number of hydrogen-bond donors (Lipinski definition) is 1. The van der Waals surface area contributed by atoms with Crippen molar-refractivity contribution in [3.63, 3.8) is 0 Å². The first-order valence-corrected chi connectivity index (χ1v) is 14.5. The summed E-state index contributed by atoms with van der Waals surface area (Å²) in [5, 5.41) is 21.8. The summed E-state index contributed by atoms with van der Waals surface area (Å²) in [5.74, 6) is -1.28. The van der Waals surface area contributed by atoms with Crippen LogP contribution in [0.2, 0.25) is 0 Å². The van der Waals surface area contributed by atoms with Gasteiger partial charge in [-0.3, -0.25) is 9.69 Å². The summed E-state index contributed by atoms with van der Waals surface area (Å²) in [5.41, 5.74) is -4.29. The van der Waals surface area contributed by atoms with Crippen molar-refractivity contribution < 1.29 is 50.5 Å². The molecule has 0 radical (unpaired) electrons. The molecule has 2 aromatic heterocycles. The highest BCUT2D eigenvalue weighted by Crippen LogP contribution is 2.44. The number of nitrogens with zero attached hydrogens (tertiary/aromatic N) is 7. The fraction of sp³-hybridized carbons (Fsp3) is 0.517. The molecule has 0 saturated carbocycles. The molecule has 0 unspecified atom stereocenters. The van der Waals surface area contributed by atoms with Crippen molar-refractivity contribution in [2.45, 2.75) is 78.1 Å². The second kappa shape index (κ2) is 13.2. The number of fused-ring (bicyclic) bond motifs is 1. The van der Waals surface area contributed by atoms with Crippen LogP contribution in [0.5, 0.6) is 5.88 Å². The van der Waals surface area contributed by atoms with Crippen LogP contribution in [-0.2, 0) is 35.0 Å². The standard InChI is InChI=1S/C29H33F6N7O5/c1-6-19-13-21(23-20(8-9-22(36-23)46-5)42(19)26(45)47-7-2)40(25-37-39-41(38-25)15-27(3,4)24(43)44)14-16-10-17(28(30,31)32)12-18(11-16)29(33,34)35/h8-12,19,21H,6-7,13-15H2,1-5H3,(H,43,44)/t19-,21+/m1/s1. The van der Waals surface area contributed by atoms with Gasteiger partial charge in [0.25, 0.3) is 5.95 Å². The van der Waals surface area contributed by atoms with Crippen molar-refractivity contribution in [2.24, 2.45) is 5.41 Å². The number of aliphatic carboxylic acids is 1. The van der Waals surface area contributed by atoms with E-state index in [1.807, 2.05) is 0 Å². The minimum atomic E-state index is -5.09. The molecule has 47 heavy (non-hydrogen) atoms. The van der Waals surface area contributed by atoms with Gasteiger partial charge >= 0.3 is 24.4 Å². The smallest absolute Gasteiger partial charge is 0.416 e. The van der Waals surface area contributed by atoms with Crippen molar-refractivity contribution >= 4 is 23.7 Å². The number of halogens is 6. The predicted octanol–water partition coefficient (Wildman–Crippen LogP) is 6.12. The van der Waals surface area contributed by atoms with Crippen LogP contribution in [0.3, 0.4) is 0 Å². The molecule has 0 aliphatic carbocycles. The fourth-order valence-corrected chi connectivity index (χ4v) is 5.21. The molecule has 18 heteroatoms. The lowest BCUT2D eigenvalue weighted by Crippen LogP contribution is -2.48. The van der Waals surface area contributed by atoms with Gasteiger partial charge in [-0.25, -0.2) is 9.78 Å². The fourth-order valence-electron chi connectivity index (χ4n) is 5.21. The van der Waals surface area contributed by atoms with Crippen LogP contribution < -0.4 is 14.5 Å². The largest absolute Gasteiger partial charge is 0.481 e. The number of methoxy groups -OCH3 is 1. The molecule has 0 fully saturated rings. The molecule has 0 saturated heterocycles. The van der Waals surface area contributed by atoms with Crippen molar-refractivity contribution in [3.05, 3.63) is 52.7 Å². The van der Waals surface area contributed by atoms with E-state index >= 15 is 0 Å². The van der Waals surface area contributed by atoms with E-state index in [9.17, 15) is 41.0 Å². The first-order chi connectivity index (χ1) is 21.9. The van der Waals surface area contributed by atoms with Crippen LogP contribution >= 0.6 is 0 Å². The highest BCUT2D eigenvalue weighted by atomic mass is 19.4. The number of amides is 1. The summed E-state index contributed by atoms with van der Waals surface area (Å²) in [6, 6.07) is 2.79. The Morgan fingerprint density at radius 1 is 1.04 bits per heavy atom. The molecule has 12 nitrogen and oxygen atoms in total. The third-order valence-corrected chi connectivity index (χ3v) is 7.65. The predicted molar refractivity (Wildman–Crippen MR) is 154 cm³/mol. The molecular formula is C29H33F6N7O5. The maximum atomic E-state index is 13.8. The number of carbonyl (C=O) groups is 2. The Balaban J connectivity index is 1.93. The summed E-state index contributed by atoms with van der Waals surface area (Å²) < 4.78 is 93.4. The van der Waals surface area contributed by atoms with E-state index in [0.29, 0.717) is 18.6 Å². The Morgan fingerprint density at radius 3 is 2.21 bits per heavy atom. The van der Waals surface area contributed by atoms with Crippen molar-refractivity contribution in [1.82, 2.24) is 25.2 Å². The number of aromatic nitrogens is 5. The highest BCUT2D eigenvalue weighted by Gasteiger charge is 2.42. The van der Waals surface area contributed by atoms with Crippen LogP contribution in [0, 0.1) is 5.41 Å².